The number of fused-ring (bicyclic) bond motifs is 1. The van der Waals surface area contributed by atoms with Crippen molar-refractivity contribution >= 4 is 17.6 Å². The predicted octanol–water partition coefficient (Wildman–Crippen LogP) is 4.20. The van der Waals surface area contributed by atoms with Crippen molar-refractivity contribution in [3.8, 4) is 11.3 Å². The van der Waals surface area contributed by atoms with Crippen molar-refractivity contribution in [1.29, 1.82) is 0 Å². The van der Waals surface area contributed by atoms with Crippen molar-refractivity contribution in [3.05, 3.63) is 60.0 Å². The first-order chi connectivity index (χ1) is 13.8. The van der Waals surface area contributed by atoms with Crippen LogP contribution in [0.15, 0.2) is 48.8 Å². The van der Waals surface area contributed by atoms with Gasteiger partial charge in [-0.05, 0) is 51.5 Å². The lowest BCUT2D eigenvalue weighted by Gasteiger charge is -2.19. The van der Waals surface area contributed by atoms with Crippen LogP contribution in [0, 0.1) is 0 Å². The summed E-state index contributed by atoms with van der Waals surface area (Å²) in [7, 11) is 0. The SMILES string of the molecule is CCOC(=O)c1nc(-c2cccc(CNC(=O)OC(C)(C)C)c2)cn2cccc12. The third-order valence-electron chi connectivity index (χ3n) is 4.04. The zero-order valence-corrected chi connectivity index (χ0v) is 17.1. The highest BCUT2D eigenvalue weighted by molar-refractivity contribution is 5.95. The van der Waals surface area contributed by atoms with Crippen LogP contribution in [0.1, 0.15) is 43.7 Å². The lowest BCUT2D eigenvalue weighted by atomic mass is 10.1. The van der Waals surface area contributed by atoms with Gasteiger partial charge in [-0.15, -0.1) is 0 Å². The molecule has 3 rings (SSSR count). The molecule has 3 aromatic rings. The van der Waals surface area contributed by atoms with Gasteiger partial charge in [-0.1, -0.05) is 18.2 Å². The van der Waals surface area contributed by atoms with Crippen LogP contribution in [-0.4, -0.2) is 33.7 Å². The van der Waals surface area contributed by atoms with Crippen molar-refractivity contribution in [2.24, 2.45) is 0 Å². The molecule has 0 fully saturated rings. The second kappa shape index (κ2) is 8.34. The number of hydrogen-bond donors (Lipinski definition) is 1. The molecule has 0 radical (unpaired) electrons. The number of carbonyl (C=O) groups excluding carboxylic acids is 2. The Morgan fingerprint density at radius 1 is 1.17 bits per heavy atom. The molecule has 7 nitrogen and oxygen atoms in total. The first-order valence-corrected chi connectivity index (χ1v) is 9.48. The zero-order chi connectivity index (χ0) is 21.0. The largest absolute Gasteiger partial charge is 0.461 e. The molecule has 7 heteroatoms. The van der Waals surface area contributed by atoms with Crippen LogP contribution in [-0.2, 0) is 16.0 Å². The first-order valence-electron chi connectivity index (χ1n) is 9.48. The van der Waals surface area contributed by atoms with E-state index in [0.29, 0.717) is 17.8 Å². The fourth-order valence-electron chi connectivity index (χ4n) is 2.86. The molecular formula is C22H25N3O4. The van der Waals surface area contributed by atoms with Crippen LogP contribution in [0.25, 0.3) is 16.8 Å². The van der Waals surface area contributed by atoms with Crippen molar-refractivity contribution in [3.63, 3.8) is 0 Å². The molecule has 0 saturated carbocycles. The third kappa shape index (κ3) is 5.13. The Hall–Kier alpha value is -3.35. The summed E-state index contributed by atoms with van der Waals surface area (Å²) in [6, 6.07) is 11.3. The minimum atomic E-state index is -0.550. The maximum atomic E-state index is 12.3. The molecule has 0 aliphatic rings. The molecule has 2 heterocycles. The first kappa shape index (κ1) is 20.4. The van der Waals surface area contributed by atoms with E-state index in [-0.39, 0.29) is 12.3 Å². The summed E-state index contributed by atoms with van der Waals surface area (Å²) < 4.78 is 12.3. The van der Waals surface area contributed by atoms with E-state index in [9.17, 15) is 9.59 Å². The normalized spacial score (nSPS) is 11.3. The maximum absolute atomic E-state index is 12.3. The van der Waals surface area contributed by atoms with E-state index >= 15 is 0 Å². The smallest absolute Gasteiger partial charge is 0.407 e. The van der Waals surface area contributed by atoms with Crippen LogP contribution >= 0.6 is 0 Å². The highest BCUT2D eigenvalue weighted by Gasteiger charge is 2.17. The number of ether oxygens (including phenoxy) is 2. The molecule has 1 N–H and O–H groups in total. The second-order valence-electron chi connectivity index (χ2n) is 7.55. The molecule has 0 unspecified atom stereocenters. The predicted molar refractivity (Wildman–Crippen MR) is 110 cm³/mol. The molecule has 2 aromatic heterocycles. The third-order valence-corrected chi connectivity index (χ3v) is 4.04. The van der Waals surface area contributed by atoms with Gasteiger partial charge in [0.15, 0.2) is 5.69 Å². The standard InChI is InChI=1S/C22H25N3O4/c1-5-28-20(26)19-18-10-7-11-25(18)14-17(24-19)16-9-6-8-15(12-16)13-23-21(27)29-22(2,3)4/h6-12,14H,5,13H2,1-4H3,(H,23,27). The van der Waals surface area contributed by atoms with Gasteiger partial charge in [0, 0.05) is 24.5 Å². The summed E-state index contributed by atoms with van der Waals surface area (Å²) in [5.41, 5.74) is 2.76. The van der Waals surface area contributed by atoms with Crippen LogP contribution in [0.3, 0.4) is 0 Å². The van der Waals surface area contributed by atoms with Gasteiger partial charge >= 0.3 is 12.1 Å². The molecule has 0 aliphatic heterocycles. The molecular weight excluding hydrogens is 370 g/mol. The van der Waals surface area contributed by atoms with Gasteiger partial charge in [-0.25, -0.2) is 14.6 Å². The summed E-state index contributed by atoms with van der Waals surface area (Å²) in [5.74, 6) is -0.458. The number of carbonyl (C=O) groups is 2. The summed E-state index contributed by atoms with van der Waals surface area (Å²) in [6.45, 7) is 7.81. The molecule has 0 saturated heterocycles. The fraction of sp³-hybridized carbons (Fsp3) is 0.318. The van der Waals surface area contributed by atoms with E-state index in [1.807, 2.05) is 74.0 Å². The minimum Gasteiger partial charge on any atom is -0.461 e. The summed E-state index contributed by atoms with van der Waals surface area (Å²) in [5, 5.41) is 2.75. The number of alkyl carbamates (subject to hydrolysis) is 1. The quantitative estimate of drug-likeness (QED) is 0.655. The number of nitrogens with zero attached hydrogens (tertiary/aromatic N) is 2. The molecule has 29 heavy (non-hydrogen) atoms. The van der Waals surface area contributed by atoms with E-state index < -0.39 is 17.7 Å². The zero-order valence-electron chi connectivity index (χ0n) is 17.1. The van der Waals surface area contributed by atoms with Crippen LogP contribution in [0.2, 0.25) is 0 Å². The lowest BCUT2D eigenvalue weighted by Crippen LogP contribution is -2.32. The Kier molecular flexibility index (Phi) is 5.87. The summed E-state index contributed by atoms with van der Waals surface area (Å²) >= 11 is 0. The lowest BCUT2D eigenvalue weighted by molar-refractivity contribution is 0.0512. The molecule has 1 aromatic carbocycles. The van der Waals surface area contributed by atoms with E-state index in [1.165, 1.54) is 0 Å². The van der Waals surface area contributed by atoms with Gasteiger partial charge in [0.25, 0.3) is 0 Å². The maximum Gasteiger partial charge on any atom is 0.407 e. The molecule has 1 amide bonds. The Morgan fingerprint density at radius 2 is 1.97 bits per heavy atom. The Labute approximate surface area is 169 Å². The van der Waals surface area contributed by atoms with Crippen molar-refractivity contribution in [2.45, 2.75) is 39.8 Å². The van der Waals surface area contributed by atoms with Gasteiger partial charge in [-0.3, -0.25) is 0 Å². The van der Waals surface area contributed by atoms with E-state index in [0.717, 1.165) is 11.1 Å². The van der Waals surface area contributed by atoms with Gasteiger partial charge < -0.3 is 19.2 Å². The molecule has 152 valence electrons. The van der Waals surface area contributed by atoms with Crippen LogP contribution in [0.4, 0.5) is 4.79 Å². The number of aromatic nitrogens is 2. The number of hydrogen-bond acceptors (Lipinski definition) is 5. The topological polar surface area (TPSA) is 81.9 Å². The number of rotatable bonds is 5. The molecule has 0 aliphatic carbocycles. The Balaban J connectivity index is 1.86. The average molecular weight is 395 g/mol. The van der Waals surface area contributed by atoms with E-state index in [1.54, 1.807) is 6.92 Å². The van der Waals surface area contributed by atoms with Gasteiger partial charge in [0.1, 0.15) is 5.60 Å². The van der Waals surface area contributed by atoms with Crippen LogP contribution in [0.5, 0.6) is 0 Å². The van der Waals surface area contributed by atoms with Gasteiger partial charge in [0.2, 0.25) is 0 Å². The Morgan fingerprint density at radius 3 is 2.69 bits per heavy atom. The molecule has 0 bridgehead atoms. The fourth-order valence-corrected chi connectivity index (χ4v) is 2.86. The van der Waals surface area contributed by atoms with Crippen molar-refractivity contribution < 1.29 is 19.1 Å². The van der Waals surface area contributed by atoms with Crippen molar-refractivity contribution in [2.75, 3.05) is 6.61 Å². The van der Waals surface area contributed by atoms with Gasteiger partial charge in [0.05, 0.1) is 17.8 Å². The van der Waals surface area contributed by atoms with Crippen molar-refractivity contribution in [1.82, 2.24) is 14.7 Å². The molecule has 0 atom stereocenters. The number of amides is 1. The summed E-state index contributed by atoms with van der Waals surface area (Å²) in [4.78, 5) is 28.8. The highest BCUT2D eigenvalue weighted by atomic mass is 16.6. The summed E-state index contributed by atoms with van der Waals surface area (Å²) in [6.07, 6.45) is 3.25. The van der Waals surface area contributed by atoms with E-state index in [2.05, 4.69) is 10.3 Å². The average Bonchev–Trinajstić information content (AvgIpc) is 3.13. The number of esters is 1. The number of benzene rings is 1. The van der Waals surface area contributed by atoms with Crippen LogP contribution < -0.4 is 5.32 Å². The number of nitrogens with one attached hydrogen (secondary N) is 1. The van der Waals surface area contributed by atoms with Gasteiger partial charge in [-0.2, -0.15) is 0 Å². The van der Waals surface area contributed by atoms with E-state index in [4.69, 9.17) is 9.47 Å². The monoisotopic (exact) mass is 395 g/mol. The second-order valence-corrected chi connectivity index (χ2v) is 7.55. The molecule has 0 spiro atoms. The minimum absolute atomic E-state index is 0.270. The highest BCUT2D eigenvalue weighted by Crippen LogP contribution is 2.22. The Bertz CT molecular complexity index is 1030.